The van der Waals surface area contributed by atoms with Crippen molar-refractivity contribution in [2.24, 2.45) is 0 Å². The summed E-state index contributed by atoms with van der Waals surface area (Å²) in [5.74, 6) is -0.00470. The number of carbonyl (C=O) groups excluding carboxylic acids is 1. The fourth-order valence-electron chi connectivity index (χ4n) is 3.11. The van der Waals surface area contributed by atoms with Crippen LogP contribution in [0.5, 0.6) is 0 Å². The van der Waals surface area contributed by atoms with E-state index in [4.69, 9.17) is 23.2 Å². The number of nitrogens with zero attached hydrogens (tertiary/aromatic N) is 2. The molecule has 1 saturated heterocycles. The first-order valence-corrected chi connectivity index (χ1v) is 9.51. The van der Waals surface area contributed by atoms with Crippen LogP contribution in [0.15, 0.2) is 42.5 Å². The molecule has 0 atom stereocenters. The van der Waals surface area contributed by atoms with Gasteiger partial charge in [-0.15, -0.1) is 0 Å². The first-order valence-electron chi connectivity index (χ1n) is 8.76. The van der Waals surface area contributed by atoms with Crippen molar-refractivity contribution in [3.63, 3.8) is 0 Å². The van der Waals surface area contributed by atoms with Crippen LogP contribution in [0.25, 0.3) is 0 Å². The molecule has 1 amide bonds. The van der Waals surface area contributed by atoms with E-state index in [1.165, 1.54) is 0 Å². The Morgan fingerprint density at radius 2 is 1.62 bits per heavy atom. The van der Waals surface area contributed by atoms with Gasteiger partial charge in [0.1, 0.15) is 0 Å². The van der Waals surface area contributed by atoms with E-state index < -0.39 is 0 Å². The summed E-state index contributed by atoms with van der Waals surface area (Å²) in [4.78, 5) is 16.9. The Hall–Kier alpha value is -1.59. The molecule has 0 saturated carbocycles. The minimum Gasteiger partial charge on any atom is -0.325 e. The molecule has 2 aromatic rings. The minimum absolute atomic E-state index is 0.00470. The molecule has 1 aliphatic heterocycles. The molecule has 0 bridgehead atoms. The number of hydrogen-bond acceptors (Lipinski definition) is 3. The van der Waals surface area contributed by atoms with Gasteiger partial charge in [0.25, 0.3) is 0 Å². The second-order valence-corrected chi connectivity index (χ2v) is 7.42. The molecule has 0 unspecified atom stereocenters. The number of carbonyl (C=O) groups is 1. The summed E-state index contributed by atoms with van der Waals surface area (Å²) in [6, 6.07) is 13.5. The molecule has 3 rings (SSSR count). The lowest BCUT2D eigenvalue weighted by atomic mass is 10.2. The third-order valence-electron chi connectivity index (χ3n) is 4.73. The number of hydrogen-bond donors (Lipinski definition) is 1. The highest BCUT2D eigenvalue weighted by molar-refractivity contribution is 6.32. The molecule has 1 heterocycles. The molecule has 1 aliphatic rings. The number of rotatable bonds is 5. The van der Waals surface area contributed by atoms with Crippen LogP contribution < -0.4 is 5.32 Å². The first-order chi connectivity index (χ1) is 12.5. The standard InChI is InChI=1S/C20H23Cl2N3O/c1-15-17(21)7-4-8-19(15)23-20(26)14-25-11-9-24(10-12-25)13-16-5-2-3-6-18(16)22/h2-8H,9-14H2,1H3,(H,23,26). The highest BCUT2D eigenvalue weighted by atomic mass is 35.5. The van der Waals surface area contributed by atoms with E-state index in [1.807, 2.05) is 43.3 Å². The zero-order valence-electron chi connectivity index (χ0n) is 14.8. The van der Waals surface area contributed by atoms with Crippen molar-refractivity contribution in [1.29, 1.82) is 0 Å². The van der Waals surface area contributed by atoms with Gasteiger partial charge in [-0.1, -0.05) is 47.5 Å². The minimum atomic E-state index is -0.00470. The van der Waals surface area contributed by atoms with Crippen LogP contribution >= 0.6 is 23.2 Å². The predicted molar refractivity (Wildman–Crippen MR) is 108 cm³/mol. The van der Waals surface area contributed by atoms with Crippen molar-refractivity contribution < 1.29 is 4.79 Å². The van der Waals surface area contributed by atoms with Crippen LogP contribution in [0.1, 0.15) is 11.1 Å². The lowest BCUT2D eigenvalue weighted by molar-refractivity contribution is -0.117. The molecular weight excluding hydrogens is 369 g/mol. The van der Waals surface area contributed by atoms with Crippen molar-refractivity contribution in [3.05, 3.63) is 63.6 Å². The molecule has 1 N–H and O–H groups in total. The maximum absolute atomic E-state index is 12.3. The molecular formula is C20H23Cl2N3O. The van der Waals surface area contributed by atoms with E-state index in [-0.39, 0.29) is 5.91 Å². The van der Waals surface area contributed by atoms with Gasteiger partial charge in [0, 0.05) is 48.5 Å². The maximum Gasteiger partial charge on any atom is 0.238 e. The van der Waals surface area contributed by atoms with Crippen molar-refractivity contribution in [2.75, 3.05) is 38.0 Å². The zero-order valence-corrected chi connectivity index (χ0v) is 16.4. The number of anilines is 1. The van der Waals surface area contributed by atoms with E-state index in [1.54, 1.807) is 0 Å². The molecule has 2 aromatic carbocycles. The monoisotopic (exact) mass is 391 g/mol. The molecule has 0 radical (unpaired) electrons. The fraction of sp³-hybridized carbons (Fsp3) is 0.350. The number of piperazine rings is 1. The SMILES string of the molecule is Cc1c(Cl)cccc1NC(=O)CN1CCN(Cc2ccccc2Cl)CC1. The summed E-state index contributed by atoms with van der Waals surface area (Å²) in [6.45, 7) is 6.74. The molecule has 0 spiro atoms. The van der Waals surface area contributed by atoms with Gasteiger partial charge in [-0.05, 0) is 36.2 Å². The third kappa shape index (κ3) is 4.98. The molecule has 0 aliphatic carbocycles. The quantitative estimate of drug-likeness (QED) is 0.834. The number of halogens is 2. The molecule has 138 valence electrons. The van der Waals surface area contributed by atoms with Gasteiger partial charge in [-0.3, -0.25) is 14.6 Å². The van der Waals surface area contributed by atoms with Gasteiger partial charge in [0.2, 0.25) is 5.91 Å². The zero-order chi connectivity index (χ0) is 18.5. The van der Waals surface area contributed by atoms with Gasteiger partial charge in [0.05, 0.1) is 6.54 Å². The Labute approximate surface area is 164 Å². The van der Waals surface area contributed by atoms with E-state index in [2.05, 4.69) is 21.2 Å². The van der Waals surface area contributed by atoms with E-state index in [0.717, 1.165) is 54.6 Å². The summed E-state index contributed by atoms with van der Waals surface area (Å²) in [5, 5.41) is 4.43. The third-order valence-corrected chi connectivity index (χ3v) is 5.50. The van der Waals surface area contributed by atoms with Crippen LogP contribution in [0.3, 0.4) is 0 Å². The number of nitrogens with one attached hydrogen (secondary N) is 1. The topological polar surface area (TPSA) is 35.6 Å². The van der Waals surface area contributed by atoms with E-state index >= 15 is 0 Å². The number of benzene rings is 2. The smallest absolute Gasteiger partial charge is 0.238 e. The van der Waals surface area contributed by atoms with Crippen LogP contribution in [-0.2, 0) is 11.3 Å². The first kappa shape index (κ1) is 19.2. The lowest BCUT2D eigenvalue weighted by Crippen LogP contribution is -2.48. The largest absolute Gasteiger partial charge is 0.325 e. The average Bonchev–Trinajstić information content (AvgIpc) is 2.62. The van der Waals surface area contributed by atoms with Crippen LogP contribution in [-0.4, -0.2) is 48.4 Å². The fourth-order valence-corrected chi connectivity index (χ4v) is 3.48. The summed E-state index contributed by atoms with van der Waals surface area (Å²) in [6.07, 6.45) is 0. The summed E-state index contributed by atoms with van der Waals surface area (Å²) >= 11 is 12.3. The van der Waals surface area contributed by atoms with Crippen molar-refractivity contribution in [1.82, 2.24) is 9.80 Å². The van der Waals surface area contributed by atoms with Gasteiger partial charge in [0.15, 0.2) is 0 Å². The molecule has 6 heteroatoms. The van der Waals surface area contributed by atoms with Crippen molar-refractivity contribution in [2.45, 2.75) is 13.5 Å². The van der Waals surface area contributed by atoms with Crippen LogP contribution in [0.2, 0.25) is 10.0 Å². The number of amides is 1. The Morgan fingerprint density at radius 1 is 0.962 bits per heavy atom. The maximum atomic E-state index is 12.3. The summed E-state index contributed by atoms with van der Waals surface area (Å²) in [5.41, 5.74) is 2.82. The van der Waals surface area contributed by atoms with Crippen LogP contribution in [0, 0.1) is 6.92 Å². The highest BCUT2D eigenvalue weighted by Gasteiger charge is 2.20. The Morgan fingerprint density at radius 3 is 2.35 bits per heavy atom. The molecule has 4 nitrogen and oxygen atoms in total. The highest BCUT2D eigenvalue weighted by Crippen LogP contribution is 2.23. The Balaban J connectivity index is 1.47. The van der Waals surface area contributed by atoms with Crippen molar-refractivity contribution >= 4 is 34.8 Å². The average molecular weight is 392 g/mol. The normalized spacial score (nSPS) is 15.8. The lowest BCUT2D eigenvalue weighted by Gasteiger charge is -2.34. The Kier molecular flexibility index (Phi) is 6.54. The van der Waals surface area contributed by atoms with E-state index in [0.29, 0.717) is 11.6 Å². The molecule has 1 fully saturated rings. The van der Waals surface area contributed by atoms with Crippen molar-refractivity contribution in [3.8, 4) is 0 Å². The van der Waals surface area contributed by atoms with Gasteiger partial charge in [-0.2, -0.15) is 0 Å². The second kappa shape index (κ2) is 8.87. The summed E-state index contributed by atoms with van der Waals surface area (Å²) < 4.78 is 0. The van der Waals surface area contributed by atoms with Gasteiger partial charge >= 0.3 is 0 Å². The van der Waals surface area contributed by atoms with Gasteiger partial charge < -0.3 is 5.32 Å². The van der Waals surface area contributed by atoms with Gasteiger partial charge in [-0.25, -0.2) is 0 Å². The second-order valence-electron chi connectivity index (χ2n) is 6.60. The summed E-state index contributed by atoms with van der Waals surface area (Å²) in [7, 11) is 0. The predicted octanol–water partition coefficient (Wildman–Crippen LogP) is 4.06. The molecule has 26 heavy (non-hydrogen) atoms. The Bertz CT molecular complexity index is 773. The van der Waals surface area contributed by atoms with Crippen LogP contribution in [0.4, 0.5) is 5.69 Å². The van der Waals surface area contributed by atoms with E-state index in [9.17, 15) is 4.79 Å². The molecule has 0 aromatic heterocycles.